The highest BCUT2D eigenvalue weighted by Gasteiger charge is 2.16. The smallest absolute Gasteiger partial charge is 0.0701 e. The molecular formula is C11H23NOS. The number of likely N-dealkylation sites (N-methyl/N-ethyl adjacent to an activating group) is 1. The average Bonchev–Trinajstić information content (AvgIpc) is 2.19. The lowest BCUT2D eigenvalue weighted by atomic mass is 10.1. The Labute approximate surface area is 93.4 Å². The summed E-state index contributed by atoms with van der Waals surface area (Å²) in [6.45, 7) is 5.41. The van der Waals surface area contributed by atoms with E-state index >= 15 is 0 Å². The van der Waals surface area contributed by atoms with Crippen molar-refractivity contribution >= 4 is 12.6 Å². The van der Waals surface area contributed by atoms with Gasteiger partial charge in [-0.2, -0.15) is 12.6 Å². The van der Waals surface area contributed by atoms with Gasteiger partial charge in [-0.3, -0.25) is 0 Å². The number of hydrogen-bond acceptors (Lipinski definition) is 3. The van der Waals surface area contributed by atoms with E-state index in [9.17, 15) is 0 Å². The van der Waals surface area contributed by atoms with Crippen molar-refractivity contribution in [2.45, 2.75) is 32.3 Å². The number of hydrogen-bond donors (Lipinski definition) is 1. The van der Waals surface area contributed by atoms with E-state index in [1.165, 1.54) is 19.3 Å². The van der Waals surface area contributed by atoms with E-state index < -0.39 is 0 Å². The summed E-state index contributed by atoms with van der Waals surface area (Å²) in [6.07, 6.45) is 4.29. The van der Waals surface area contributed by atoms with Crippen LogP contribution >= 0.6 is 12.6 Å². The van der Waals surface area contributed by atoms with Crippen LogP contribution in [0.1, 0.15) is 26.2 Å². The summed E-state index contributed by atoms with van der Waals surface area (Å²) in [5.41, 5.74) is 0. The maximum absolute atomic E-state index is 5.70. The zero-order valence-electron chi connectivity index (χ0n) is 9.41. The zero-order chi connectivity index (χ0) is 10.4. The van der Waals surface area contributed by atoms with Crippen LogP contribution in [0.4, 0.5) is 0 Å². The Morgan fingerprint density at radius 3 is 2.86 bits per heavy atom. The lowest BCUT2D eigenvalue weighted by Crippen LogP contribution is -2.35. The summed E-state index contributed by atoms with van der Waals surface area (Å²) in [4.78, 5) is 2.37. The van der Waals surface area contributed by atoms with Crippen molar-refractivity contribution in [3.8, 4) is 0 Å². The molecule has 0 radical (unpaired) electrons. The Hall–Kier alpha value is 0.270. The molecule has 2 unspecified atom stereocenters. The van der Waals surface area contributed by atoms with Gasteiger partial charge in [-0.25, -0.2) is 0 Å². The molecule has 0 spiro atoms. The molecule has 2 nitrogen and oxygen atoms in total. The molecule has 1 fully saturated rings. The monoisotopic (exact) mass is 217 g/mol. The SMILES string of the molecule is CC(CS)CN(C)CC1CCCCO1. The predicted octanol–water partition coefficient (Wildman–Crippen LogP) is 2.05. The molecule has 0 N–H and O–H groups in total. The molecule has 3 heteroatoms. The third-order valence-corrected chi connectivity index (χ3v) is 3.35. The van der Waals surface area contributed by atoms with Gasteiger partial charge in [0.05, 0.1) is 6.10 Å². The molecule has 1 heterocycles. The van der Waals surface area contributed by atoms with Crippen LogP contribution in [0.2, 0.25) is 0 Å². The molecule has 2 atom stereocenters. The summed E-state index contributed by atoms with van der Waals surface area (Å²) in [5, 5.41) is 0. The van der Waals surface area contributed by atoms with Crippen LogP contribution in [0.15, 0.2) is 0 Å². The van der Waals surface area contributed by atoms with Gasteiger partial charge in [-0.15, -0.1) is 0 Å². The van der Waals surface area contributed by atoms with E-state index in [2.05, 4.69) is 31.5 Å². The molecule has 0 bridgehead atoms. The van der Waals surface area contributed by atoms with E-state index in [-0.39, 0.29) is 0 Å². The molecule has 1 rings (SSSR count). The van der Waals surface area contributed by atoms with Crippen LogP contribution in [0.25, 0.3) is 0 Å². The number of ether oxygens (including phenoxy) is 1. The van der Waals surface area contributed by atoms with Gasteiger partial charge in [0.2, 0.25) is 0 Å². The molecule has 0 aliphatic carbocycles. The van der Waals surface area contributed by atoms with Crippen molar-refractivity contribution in [3.63, 3.8) is 0 Å². The minimum atomic E-state index is 0.473. The number of rotatable bonds is 5. The van der Waals surface area contributed by atoms with Gasteiger partial charge >= 0.3 is 0 Å². The van der Waals surface area contributed by atoms with Crippen LogP contribution in [-0.2, 0) is 4.74 Å². The maximum Gasteiger partial charge on any atom is 0.0701 e. The van der Waals surface area contributed by atoms with Crippen LogP contribution in [0, 0.1) is 5.92 Å². The van der Waals surface area contributed by atoms with E-state index in [1.54, 1.807) is 0 Å². The summed E-state index contributed by atoms with van der Waals surface area (Å²) < 4.78 is 5.70. The molecule has 0 aromatic heterocycles. The molecule has 0 aromatic rings. The fourth-order valence-electron chi connectivity index (χ4n) is 1.96. The van der Waals surface area contributed by atoms with Crippen LogP contribution in [0.5, 0.6) is 0 Å². The lowest BCUT2D eigenvalue weighted by molar-refractivity contribution is -0.00275. The Balaban J connectivity index is 2.14. The van der Waals surface area contributed by atoms with Gasteiger partial charge in [0.15, 0.2) is 0 Å². The van der Waals surface area contributed by atoms with Crippen molar-refractivity contribution in [3.05, 3.63) is 0 Å². The second-order valence-electron chi connectivity index (χ2n) is 4.50. The van der Waals surface area contributed by atoms with Crippen molar-refractivity contribution in [1.82, 2.24) is 4.90 Å². The van der Waals surface area contributed by atoms with Gasteiger partial charge < -0.3 is 9.64 Å². The standard InChI is InChI=1S/C11H23NOS/c1-10(9-14)7-12(2)8-11-5-3-4-6-13-11/h10-11,14H,3-9H2,1-2H3. The van der Waals surface area contributed by atoms with E-state index in [0.717, 1.165) is 25.4 Å². The molecular weight excluding hydrogens is 194 g/mol. The zero-order valence-corrected chi connectivity index (χ0v) is 10.3. The van der Waals surface area contributed by atoms with Crippen molar-refractivity contribution < 1.29 is 4.74 Å². The van der Waals surface area contributed by atoms with Gasteiger partial charge in [0.1, 0.15) is 0 Å². The average molecular weight is 217 g/mol. The fourth-order valence-corrected chi connectivity index (χ4v) is 2.08. The van der Waals surface area contributed by atoms with E-state index in [0.29, 0.717) is 12.0 Å². The normalized spacial score (nSPS) is 25.3. The van der Waals surface area contributed by atoms with Crippen molar-refractivity contribution in [1.29, 1.82) is 0 Å². The quantitative estimate of drug-likeness (QED) is 0.708. The summed E-state index contributed by atoms with van der Waals surface area (Å²) >= 11 is 4.30. The van der Waals surface area contributed by atoms with Gasteiger partial charge in [0, 0.05) is 19.7 Å². The second kappa shape index (κ2) is 6.70. The third kappa shape index (κ3) is 4.67. The predicted molar refractivity (Wildman–Crippen MR) is 64.1 cm³/mol. The lowest BCUT2D eigenvalue weighted by Gasteiger charge is -2.28. The first-order valence-electron chi connectivity index (χ1n) is 5.63. The highest BCUT2D eigenvalue weighted by Crippen LogP contribution is 2.13. The van der Waals surface area contributed by atoms with Crippen molar-refractivity contribution in [2.75, 3.05) is 32.5 Å². The summed E-state index contributed by atoms with van der Waals surface area (Å²) in [6, 6.07) is 0. The van der Waals surface area contributed by atoms with E-state index in [4.69, 9.17) is 4.74 Å². The largest absolute Gasteiger partial charge is 0.377 e. The first kappa shape index (κ1) is 12.3. The molecule has 0 saturated carbocycles. The molecule has 14 heavy (non-hydrogen) atoms. The first-order valence-corrected chi connectivity index (χ1v) is 6.26. The van der Waals surface area contributed by atoms with Crippen LogP contribution < -0.4 is 0 Å². The third-order valence-electron chi connectivity index (χ3n) is 2.72. The maximum atomic E-state index is 5.70. The highest BCUT2D eigenvalue weighted by molar-refractivity contribution is 7.80. The van der Waals surface area contributed by atoms with Gasteiger partial charge in [0.25, 0.3) is 0 Å². The minimum Gasteiger partial charge on any atom is -0.377 e. The molecule has 1 saturated heterocycles. The van der Waals surface area contributed by atoms with Crippen molar-refractivity contribution in [2.24, 2.45) is 5.92 Å². The molecule has 0 amide bonds. The Morgan fingerprint density at radius 1 is 1.50 bits per heavy atom. The van der Waals surface area contributed by atoms with Crippen LogP contribution in [0.3, 0.4) is 0 Å². The minimum absolute atomic E-state index is 0.473. The van der Waals surface area contributed by atoms with Gasteiger partial charge in [-0.05, 0) is 38.0 Å². The Bertz CT molecular complexity index is 148. The Morgan fingerprint density at radius 2 is 2.29 bits per heavy atom. The molecule has 1 aliphatic rings. The molecule has 1 aliphatic heterocycles. The number of thiol groups is 1. The Kier molecular flexibility index (Phi) is 5.90. The fraction of sp³-hybridized carbons (Fsp3) is 1.00. The summed E-state index contributed by atoms with van der Waals surface area (Å²) in [7, 11) is 2.18. The first-order chi connectivity index (χ1) is 6.72. The summed E-state index contributed by atoms with van der Waals surface area (Å²) in [5.74, 6) is 1.64. The highest BCUT2D eigenvalue weighted by atomic mass is 32.1. The van der Waals surface area contributed by atoms with E-state index in [1.807, 2.05) is 0 Å². The molecule has 0 aromatic carbocycles. The second-order valence-corrected chi connectivity index (χ2v) is 4.86. The van der Waals surface area contributed by atoms with Gasteiger partial charge in [-0.1, -0.05) is 6.92 Å². The topological polar surface area (TPSA) is 12.5 Å². The molecule has 84 valence electrons. The van der Waals surface area contributed by atoms with Crippen LogP contribution in [-0.4, -0.2) is 43.5 Å². The number of nitrogens with zero attached hydrogens (tertiary/aromatic N) is 1.